The SMILES string of the molecule is O=C(c1cc(C(F)(F)F)cc(C(F)(F)F)c1)N1C2CCCCCC21. The molecule has 132 valence electrons. The summed E-state index contributed by atoms with van der Waals surface area (Å²) in [4.78, 5) is 13.9. The third-order valence-corrected chi connectivity index (χ3v) is 4.64. The number of hydrogen-bond donors (Lipinski definition) is 0. The number of benzene rings is 1. The molecule has 2 fully saturated rings. The molecule has 0 spiro atoms. The molecule has 1 aromatic rings. The van der Waals surface area contributed by atoms with E-state index in [1.54, 1.807) is 0 Å². The van der Waals surface area contributed by atoms with Gasteiger partial charge in [-0.2, -0.15) is 26.3 Å². The maximum absolute atomic E-state index is 12.9. The molecule has 0 bridgehead atoms. The van der Waals surface area contributed by atoms with Gasteiger partial charge in [-0.3, -0.25) is 4.79 Å². The lowest BCUT2D eigenvalue weighted by atomic mass is 10.0. The molecule has 1 aliphatic carbocycles. The normalized spacial score (nSPS) is 24.3. The highest BCUT2D eigenvalue weighted by atomic mass is 19.4. The largest absolute Gasteiger partial charge is 0.416 e. The zero-order valence-electron chi connectivity index (χ0n) is 12.5. The second kappa shape index (κ2) is 5.67. The van der Waals surface area contributed by atoms with E-state index in [-0.39, 0.29) is 18.2 Å². The average molecular weight is 351 g/mol. The van der Waals surface area contributed by atoms with Crippen LogP contribution in [-0.4, -0.2) is 22.9 Å². The minimum atomic E-state index is -4.95. The van der Waals surface area contributed by atoms with Crippen LogP contribution in [0.2, 0.25) is 0 Å². The number of nitrogens with zero attached hydrogens (tertiary/aromatic N) is 1. The van der Waals surface area contributed by atoms with E-state index in [0.717, 1.165) is 32.1 Å². The number of carbonyl (C=O) groups is 1. The molecule has 0 radical (unpaired) electrons. The molecule has 2 nitrogen and oxygen atoms in total. The Labute approximate surface area is 134 Å². The van der Waals surface area contributed by atoms with Gasteiger partial charge in [0.05, 0.1) is 23.2 Å². The summed E-state index contributed by atoms with van der Waals surface area (Å²) >= 11 is 0. The van der Waals surface area contributed by atoms with E-state index in [1.165, 1.54) is 4.90 Å². The van der Waals surface area contributed by atoms with Gasteiger partial charge in [-0.05, 0) is 31.0 Å². The first-order valence-corrected chi connectivity index (χ1v) is 7.71. The molecule has 1 saturated heterocycles. The van der Waals surface area contributed by atoms with Gasteiger partial charge in [0.15, 0.2) is 0 Å². The predicted molar refractivity (Wildman–Crippen MR) is 73.3 cm³/mol. The highest BCUT2D eigenvalue weighted by molar-refractivity contribution is 5.97. The first-order chi connectivity index (χ1) is 11.1. The second-order valence-electron chi connectivity index (χ2n) is 6.28. The van der Waals surface area contributed by atoms with Crippen LogP contribution in [0.25, 0.3) is 0 Å². The van der Waals surface area contributed by atoms with Crippen LogP contribution in [0.4, 0.5) is 26.3 Å². The summed E-state index contributed by atoms with van der Waals surface area (Å²) in [6.07, 6.45) is -5.51. The monoisotopic (exact) mass is 351 g/mol. The van der Waals surface area contributed by atoms with Crippen LogP contribution in [0, 0.1) is 0 Å². The van der Waals surface area contributed by atoms with Gasteiger partial charge in [0, 0.05) is 5.56 Å². The molecule has 1 saturated carbocycles. The van der Waals surface area contributed by atoms with Crippen molar-refractivity contribution in [1.82, 2.24) is 4.90 Å². The van der Waals surface area contributed by atoms with Crippen molar-refractivity contribution in [2.45, 2.75) is 56.5 Å². The Hall–Kier alpha value is -1.73. The van der Waals surface area contributed by atoms with Crippen LogP contribution in [-0.2, 0) is 12.4 Å². The Morgan fingerprint density at radius 3 is 1.71 bits per heavy atom. The van der Waals surface area contributed by atoms with Crippen molar-refractivity contribution in [2.75, 3.05) is 0 Å². The summed E-state index contributed by atoms with van der Waals surface area (Å²) in [7, 11) is 0. The van der Waals surface area contributed by atoms with Gasteiger partial charge in [-0.15, -0.1) is 0 Å². The molecule has 2 atom stereocenters. The maximum Gasteiger partial charge on any atom is 0.416 e. The summed E-state index contributed by atoms with van der Waals surface area (Å²) in [6.45, 7) is 0. The minimum Gasteiger partial charge on any atom is -0.329 e. The summed E-state index contributed by atoms with van der Waals surface area (Å²) in [5.41, 5.74) is -3.46. The Morgan fingerprint density at radius 1 is 0.833 bits per heavy atom. The molecular formula is C16H15F6NO. The number of alkyl halides is 6. The summed E-state index contributed by atoms with van der Waals surface area (Å²) in [6, 6.07) is 0.954. The number of carbonyl (C=O) groups excluding carboxylic acids is 1. The Morgan fingerprint density at radius 2 is 1.29 bits per heavy atom. The second-order valence-corrected chi connectivity index (χ2v) is 6.28. The van der Waals surface area contributed by atoms with Crippen LogP contribution >= 0.6 is 0 Å². The Kier molecular flexibility index (Phi) is 4.04. The molecule has 2 unspecified atom stereocenters. The van der Waals surface area contributed by atoms with Gasteiger partial charge in [-0.1, -0.05) is 19.3 Å². The van der Waals surface area contributed by atoms with Crippen molar-refractivity contribution in [2.24, 2.45) is 0 Å². The van der Waals surface area contributed by atoms with Crippen LogP contribution in [0.15, 0.2) is 18.2 Å². The van der Waals surface area contributed by atoms with Gasteiger partial charge >= 0.3 is 12.4 Å². The van der Waals surface area contributed by atoms with Crippen LogP contribution < -0.4 is 0 Å². The van der Waals surface area contributed by atoms with Crippen molar-refractivity contribution < 1.29 is 31.1 Å². The smallest absolute Gasteiger partial charge is 0.329 e. The fraction of sp³-hybridized carbons (Fsp3) is 0.562. The van der Waals surface area contributed by atoms with E-state index in [2.05, 4.69) is 0 Å². The highest BCUT2D eigenvalue weighted by Gasteiger charge is 2.51. The standard InChI is InChI=1S/C16H15F6NO/c17-15(18,19)10-6-9(7-11(8-10)16(20,21)22)14(24)23-12-4-2-1-3-5-13(12)23/h6-8,12-13H,1-5H2. The van der Waals surface area contributed by atoms with E-state index >= 15 is 0 Å². The third-order valence-electron chi connectivity index (χ3n) is 4.64. The van der Waals surface area contributed by atoms with Crippen molar-refractivity contribution >= 4 is 5.91 Å². The number of halogens is 6. The first kappa shape index (κ1) is 17.1. The average Bonchev–Trinajstić information content (AvgIpc) is 3.19. The lowest BCUT2D eigenvalue weighted by Gasteiger charge is -2.15. The molecule has 0 N–H and O–H groups in total. The molecule has 2 aliphatic rings. The Bertz CT molecular complexity index is 607. The fourth-order valence-electron chi connectivity index (χ4n) is 3.41. The first-order valence-electron chi connectivity index (χ1n) is 7.71. The molecule has 8 heteroatoms. The van der Waals surface area contributed by atoms with Crippen molar-refractivity contribution in [1.29, 1.82) is 0 Å². The van der Waals surface area contributed by atoms with Gasteiger partial charge in [0.2, 0.25) is 0 Å². The highest BCUT2D eigenvalue weighted by Crippen LogP contribution is 2.42. The summed E-state index contributed by atoms with van der Waals surface area (Å²) in [5.74, 6) is -0.747. The molecule has 1 amide bonds. The van der Waals surface area contributed by atoms with E-state index in [1.807, 2.05) is 0 Å². The number of likely N-dealkylation sites (tertiary alicyclic amines) is 1. The number of fused-ring (bicyclic) bond motifs is 1. The van der Waals surface area contributed by atoms with Gasteiger partial charge in [0.25, 0.3) is 5.91 Å². The minimum absolute atomic E-state index is 0.0388. The van der Waals surface area contributed by atoms with E-state index in [0.29, 0.717) is 12.1 Å². The lowest BCUT2D eigenvalue weighted by Crippen LogP contribution is -2.19. The topological polar surface area (TPSA) is 20.1 Å². The van der Waals surface area contributed by atoms with Crippen LogP contribution in [0.1, 0.15) is 53.6 Å². The summed E-state index contributed by atoms with van der Waals surface area (Å²) in [5, 5.41) is 0. The molecular weight excluding hydrogens is 336 g/mol. The maximum atomic E-state index is 12.9. The molecule has 0 aromatic heterocycles. The van der Waals surface area contributed by atoms with E-state index in [9.17, 15) is 31.1 Å². The van der Waals surface area contributed by atoms with Crippen LogP contribution in [0.3, 0.4) is 0 Å². The van der Waals surface area contributed by atoms with E-state index < -0.39 is 35.0 Å². The molecule has 3 rings (SSSR count). The fourth-order valence-corrected chi connectivity index (χ4v) is 3.41. The van der Waals surface area contributed by atoms with Crippen molar-refractivity contribution in [3.8, 4) is 0 Å². The third kappa shape index (κ3) is 3.23. The molecule has 24 heavy (non-hydrogen) atoms. The number of amides is 1. The van der Waals surface area contributed by atoms with Gasteiger partial charge in [-0.25, -0.2) is 0 Å². The molecule has 1 aliphatic heterocycles. The van der Waals surface area contributed by atoms with E-state index in [4.69, 9.17) is 0 Å². The number of hydrogen-bond acceptors (Lipinski definition) is 1. The van der Waals surface area contributed by atoms with Crippen molar-refractivity contribution in [3.05, 3.63) is 34.9 Å². The quantitative estimate of drug-likeness (QED) is 0.521. The zero-order chi connectivity index (χ0) is 17.7. The lowest BCUT2D eigenvalue weighted by molar-refractivity contribution is -0.143. The van der Waals surface area contributed by atoms with Gasteiger partial charge in [0.1, 0.15) is 0 Å². The number of rotatable bonds is 1. The predicted octanol–water partition coefficient (Wildman–Crippen LogP) is 4.88. The molecule has 1 aromatic carbocycles. The van der Waals surface area contributed by atoms with Crippen molar-refractivity contribution in [3.63, 3.8) is 0 Å². The summed E-state index contributed by atoms with van der Waals surface area (Å²) < 4.78 is 77.2. The Balaban J connectivity index is 1.94. The molecule has 1 heterocycles. The van der Waals surface area contributed by atoms with Crippen LogP contribution in [0.5, 0.6) is 0 Å². The van der Waals surface area contributed by atoms with Gasteiger partial charge < -0.3 is 4.90 Å². The zero-order valence-corrected chi connectivity index (χ0v) is 12.5.